The lowest BCUT2D eigenvalue weighted by atomic mass is 10.3. The SMILES string of the molecule is CCCCSc1ccc(OC)c(Br)c1. The van der Waals surface area contributed by atoms with Gasteiger partial charge in [0.1, 0.15) is 5.75 Å². The molecule has 14 heavy (non-hydrogen) atoms. The molecule has 0 aromatic heterocycles. The summed E-state index contributed by atoms with van der Waals surface area (Å²) in [5.41, 5.74) is 0. The molecule has 0 radical (unpaired) electrons. The summed E-state index contributed by atoms with van der Waals surface area (Å²) in [6.45, 7) is 2.21. The summed E-state index contributed by atoms with van der Waals surface area (Å²) in [5.74, 6) is 2.08. The average molecular weight is 275 g/mol. The fourth-order valence-electron chi connectivity index (χ4n) is 1.07. The lowest BCUT2D eigenvalue weighted by Gasteiger charge is -2.05. The van der Waals surface area contributed by atoms with E-state index in [0.717, 1.165) is 10.2 Å². The van der Waals surface area contributed by atoms with E-state index in [4.69, 9.17) is 4.74 Å². The molecule has 0 fully saturated rings. The summed E-state index contributed by atoms with van der Waals surface area (Å²) in [6, 6.07) is 6.21. The van der Waals surface area contributed by atoms with Crippen LogP contribution in [0.4, 0.5) is 0 Å². The quantitative estimate of drug-likeness (QED) is 0.583. The fourth-order valence-corrected chi connectivity index (χ4v) is 2.80. The highest BCUT2D eigenvalue weighted by Crippen LogP contribution is 2.30. The average Bonchev–Trinajstić information content (AvgIpc) is 2.18. The molecule has 1 aromatic rings. The first-order chi connectivity index (χ1) is 6.77. The van der Waals surface area contributed by atoms with Gasteiger partial charge in [0.2, 0.25) is 0 Å². The molecule has 1 rings (SSSR count). The van der Waals surface area contributed by atoms with Crippen LogP contribution in [-0.2, 0) is 0 Å². The minimum absolute atomic E-state index is 0.893. The lowest BCUT2D eigenvalue weighted by Crippen LogP contribution is -1.85. The van der Waals surface area contributed by atoms with Crippen LogP contribution in [-0.4, -0.2) is 12.9 Å². The summed E-state index contributed by atoms with van der Waals surface area (Å²) in [5, 5.41) is 0. The molecule has 0 unspecified atom stereocenters. The predicted molar refractivity (Wildman–Crippen MR) is 66.3 cm³/mol. The van der Waals surface area contributed by atoms with Crippen molar-refractivity contribution in [2.45, 2.75) is 24.7 Å². The largest absolute Gasteiger partial charge is 0.496 e. The highest BCUT2D eigenvalue weighted by atomic mass is 79.9. The van der Waals surface area contributed by atoms with E-state index in [2.05, 4.69) is 35.0 Å². The standard InChI is InChI=1S/C11H15BrOS/c1-3-4-7-14-9-5-6-11(13-2)10(12)8-9/h5-6,8H,3-4,7H2,1-2H3. The van der Waals surface area contributed by atoms with Crippen LogP contribution >= 0.6 is 27.7 Å². The maximum absolute atomic E-state index is 5.17. The van der Waals surface area contributed by atoms with Gasteiger partial charge in [0.15, 0.2) is 0 Å². The van der Waals surface area contributed by atoms with Crippen LogP contribution < -0.4 is 4.74 Å². The molecule has 1 nitrogen and oxygen atoms in total. The molecule has 0 aliphatic rings. The molecule has 0 heterocycles. The van der Waals surface area contributed by atoms with Gasteiger partial charge in [-0.15, -0.1) is 11.8 Å². The molecule has 0 aliphatic carbocycles. The summed E-state index contributed by atoms with van der Waals surface area (Å²) >= 11 is 5.37. The number of unbranched alkanes of at least 4 members (excludes halogenated alkanes) is 1. The second-order valence-corrected chi connectivity index (χ2v) is 5.02. The Morgan fingerprint density at radius 2 is 2.21 bits per heavy atom. The first kappa shape index (κ1) is 11.9. The Morgan fingerprint density at radius 1 is 1.43 bits per heavy atom. The van der Waals surface area contributed by atoms with E-state index in [1.165, 1.54) is 23.5 Å². The minimum Gasteiger partial charge on any atom is -0.496 e. The van der Waals surface area contributed by atoms with Crippen molar-refractivity contribution in [3.05, 3.63) is 22.7 Å². The van der Waals surface area contributed by atoms with Crippen molar-refractivity contribution < 1.29 is 4.74 Å². The third-order valence-corrected chi connectivity index (χ3v) is 3.59. The first-order valence-corrected chi connectivity index (χ1v) is 6.52. The van der Waals surface area contributed by atoms with Gasteiger partial charge in [-0.2, -0.15) is 0 Å². The van der Waals surface area contributed by atoms with Crippen LogP contribution in [0.5, 0.6) is 5.75 Å². The Kier molecular flexibility index (Phi) is 5.41. The molecule has 0 bridgehead atoms. The molecule has 0 saturated carbocycles. The molecule has 0 aliphatic heterocycles. The monoisotopic (exact) mass is 274 g/mol. The van der Waals surface area contributed by atoms with E-state index in [1.54, 1.807) is 7.11 Å². The van der Waals surface area contributed by atoms with Gasteiger partial charge < -0.3 is 4.74 Å². The topological polar surface area (TPSA) is 9.23 Å². The molecule has 1 aromatic carbocycles. The van der Waals surface area contributed by atoms with E-state index >= 15 is 0 Å². The Hall–Kier alpha value is -0.150. The normalized spacial score (nSPS) is 10.2. The third-order valence-electron chi connectivity index (χ3n) is 1.89. The molecule has 78 valence electrons. The van der Waals surface area contributed by atoms with Crippen LogP contribution in [0.25, 0.3) is 0 Å². The van der Waals surface area contributed by atoms with Crippen molar-refractivity contribution in [2.24, 2.45) is 0 Å². The van der Waals surface area contributed by atoms with Gasteiger partial charge in [-0.25, -0.2) is 0 Å². The van der Waals surface area contributed by atoms with E-state index in [0.29, 0.717) is 0 Å². The zero-order valence-electron chi connectivity index (χ0n) is 8.55. The van der Waals surface area contributed by atoms with Crippen molar-refractivity contribution in [1.82, 2.24) is 0 Å². The van der Waals surface area contributed by atoms with E-state index in [-0.39, 0.29) is 0 Å². The summed E-state index contributed by atoms with van der Waals surface area (Å²) in [6.07, 6.45) is 2.53. The zero-order chi connectivity index (χ0) is 10.4. The molecule has 0 spiro atoms. The van der Waals surface area contributed by atoms with Gasteiger partial charge in [-0.3, -0.25) is 0 Å². The van der Waals surface area contributed by atoms with Crippen LogP contribution in [0.15, 0.2) is 27.6 Å². The molecule has 0 N–H and O–H groups in total. The zero-order valence-corrected chi connectivity index (χ0v) is 11.0. The number of benzene rings is 1. The number of hydrogen-bond acceptors (Lipinski definition) is 2. The Morgan fingerprint density at radius 3 is 2.79 bits per heavy atom. The summed E-state index contributed by atoms with van der Waals surface area (Å²) in [4.78, 5) is 1.30. The Balaban J connectivity index is 2.57. The third kappa shape index (κ3) is 3.54. The Bertz CT molecular complexity index is 289. The van der Waals surface area contributed by atoms with Crippen LogP contribution in [0.2, 0.25) is 0 Å². The van der Waals surface area contributed by atoms with Gasteiger partial charge in [0.25, 0.3) is 0 Å². The number of ether oxygens (including phenoxy) is 1. The second-order valence-electron chi connectivity index (χ2n) is 3.00. The van der Waals surface area contributed by atoms with Gasteiger partial charge >= 0.3 is 0 Å². The van der Waals surface area contributed by atoms with E-state index < -0.39 is 0 Å². The lowest BCUT2D eigenvalue weighted by molar-refractivity contribution is 0.412. The molecule has 0 amide bonds. The van der Waals surface area contributed by atoms with E-state index in [9.17, 15) is 0 Å². The molecular weight excluding hydrogens is 260 g/mol. The number of halogens is 1. The van der Waals surface area contributed by atoms with E-state index in [1.807, 2.05) is 17.8 Å². The number of methoxy groups -OCH3 is 1. The van der Waals surface area contributed by atoms with Gasteiger partial charge in [-0.1, -0.05) is 13.3 Å². The maximum atomic E-state index is 5.17. The Labute approximate surface area is 98.4 Å². The van der Waals surface area contributed by atoms with Crippen LogP contribution in [0.3, 0.4) is 0 Å². The second kappa shape index (κ2) is 6.36. The highest BCUT2D eigenvalue weighted by Gasteiger charge is 2.01. The van der Waals surface area contributed by atoms with Crippen molar-refractivity contribution >= 4 is 27.7 Å². The van der Waals surface area contributed by atoms with Gasteiger partial charge in [-0.05, 0) is 46.3 Å². The number of rotatable bonds is 5. The van der Waals surface area contributed by atoms with Gasteiger partial charge in [0.05, 0.1) is 11.6 Å². The molecule has 0 saturated heterocycles. The summed E-state index contributed by atoms with van der Waals surface area (Å²) < 4.78 is 6.20. The smallest absolute Gasteiger partial charge is 0.133 e. The maximum Gasteiger partial charge on any atom is 0.133 e. The van der Waals surface area contributed by atoms with Gasteiger partial charge in [0, 0.05) is 4.90 Å². The van der Waals surface area contributed by atoms with Crippen molar-refractivity contribution in [2.75, 3.05) is 12.9 Å². The molecule has 3 heteroatoms. The first-order valence-electron chi connectivity index (χ1n) is 4.74. The fraction of sp³-hybridized carbons (Fsp3) is 0.455. The number of hydrogen-bond donors (Lipinski definition) is 0. The molecular formula is C11H15BrOS. The van der Waals surface area contributed by atoms with Crippen LogP contribution in [0, 0.1) is 0 Å². The predicted octanol–water partition coefficient (Wildman–Crippen LogP) is 4.35. The summed E-state index contributed by atoms with van der Waals surface area (Å²) in [7, 11) is 1.68. The highest BCUT2D eigenvalue weighted by molar-refractivity contribution is 9.10. The number of thioether (sulfide) groups is 1. The van der Waals surface area contributed by atoms with Crippen molar-refractivity contribution in [1.29, 1.82) is 0 Å². The van der Waals surface area contributed by atoms with Crippen molar-refractivity contribution in [3.8, 4) is 5.75 Å². The van der Waals surface area contributed by atoms with Crippen molar-refractivity contribution in [3.63, 3.8) is 0 Å². The minimum atomic E-state index is 0.893. The van der Waals surface area contributed by atoms with Crippen LogP contribution in [0.1, 0.15) is 19.8 Å². The molecule has 0 atom stereocenters.